The minimum atomic E-state index is -0.717. The van der Waals surface area contributed by atoms with E-state index in [4.69, 9.17) is 9.84 Å². The second-order valence-corrected chi connectivity index (χ2v) is 4.48. The number of hydrogen-bond acceptors (Lipinski definition) is 3. The Kier molecular flexibility index (Phi) is 5.05. The number of hydrogen-bond donors (Lipinski definition) is 1. The summed E-state index contributed by atoms with van der Waals surface area (Å²) in [4.78, 5) is 13.0. The molecule has 1 saturated heterocycles. The summed E-state index contributed by atoms with van der Waals surface area (Å²) in [5.41, 5.74) is 0. The van der Waals surface area contributed by atoms with Gasteiger partial charge < -0.3 is 14.7 Å². The van der Waals surface area contributed by atoms with E-state index >= 15 is 0 Å². The van der Waals surface area contributed by atoms with Gasteiger partial charge in [0.05, 0.1) is 6.42 Å². The van der Waals surface area contributed by atoms with Crippen LogP contribution in [-0.4, -0.2) is 49.8 Å². The van der Waals surface area contributed by atoms with Crippen molar-refractivity contribution >= 4 is 5.97 Å². The number of likely N-dealkylation sites (tertiary alicyclic amines) is 1. The Morgan fingerprint density at radius 1 is 1.67 bits per heavy atom. The highest BCUT2D eigenvalue weighted by Gasteiger charge is 2.27. The number of aliphatic carboxylic acids is 1. The summed E-state index contributed by atoms with van der Waals surface area (Å²) in [6.45, 7) is 2.69. The molecule has 15 heavy (non-hydrogen) atoms. The summed E-state index contributed by atoms with van der Waals surface area (Å²) in [6, 6.07) is 0. The van der Waals surface area contributed by atoms with E-state index in [-0.39, 0.29) is 12.3 Å². The standard InChI is InChI=1S/C11H21NO3/c1-12-5-3-4-9(7-12)10(8-15-2)6-11(13)14/h9-10H,3-8H2,1-2H3,(H,13,14). The van der Waals surface area contributed by atoms with Crippen LogP contribution in [0.2, 0.25) is 0 Å². The van der Waals surface area contributed by atoms with Gasteiger partial charge in [0.15, 0.2) is 0 Å². The molecule has 0 aromatic rings. The van der Waals surface area contributed by atoms with E-state index in [1.165, 1.54) is 6.42 Å². The molecule has 1 aliphatic rings. The van der Waals surface area contributed by atoms with Crippen molar-refractivity contribution in [3.63, 3.8) is 0 Å². The number of methoxy groups -OCH3 is 1. The Bertz CT molecular complexity index is 208. The van der Waals surface area contributed by atoms with Gasteiger partial charge in [0.2, 0.25) is 0 Å². The number of carboxylic acid groups (broad SMARTS) is 1. The molecule has 1 N–H and O–H groups in total. The summed E-state index contributed by atoms with van der Waals surface area (Å²) in [6.07, 6.45) is 2.53. The normalized spacial score (nSPS) is 25.1. The monoisotopic (exact) mass is 215 g/mol. The fourth-order valence-electron chi connectivity index (χ4n) is 2.39. The van der Waals surface area contributed by atoms with Crippen LogP contribution in [0.5, 0.6) is 0 Å². The van der Waals surface area contributed by atoms with E-state index in [0.29, 0.717) is 12.5 Å². The Labute approximate surface area is 91.2 Å². The highest BCUT2D eigenvalue weighted by Crippen LogP contribution is 2.26. The summed E-state index contributed by atoms with van der Waals surface area (Å²) >= 11 is 0. The molecule has 0 aromatic carbocycles. The number of rotatable bonds is 5. The molecule has 0 amide bonds. The van der Waals surface area contributed by atoms with Crippen LogP contribution in [-0.2, 0) is 9.53 Å². The molecule has 0 aliphatic carbocycles. The summed E-state index contributed by atoms with van der Waals surface area (Å²) < 4.78 is 5.11. The predicted molar refractivity (Wildman–Crippen MR) is 57.8 cm³/mol. The van der Waals surface area contributed by atoms with Gasteiger partial charge in [-0.05, 0) is 38.3 Å². The lowest BCUT2D eigenvalue weighted by molar-refractivity contribution is -0.139. The molecule has 88 valence electrons. The number of carboxylic acids is 1. The van der Waals surface area contributed by atoms with Crippen molar-refractivity contribution in [1.29, 1.82) is 0 Å². The Hall–Kier alpha value is -0.610. The third kappa shape index (κ3) is 4.18. The highest BCUT2D eigenvalue weighted by atomic mass is 16.5. The van der Waals surface area contributed by atoms with Crippen LogP contribution >= 0.6 is 0 Å². The number of piperidine rings is 1. The van der Waals surface area contributed by atoms with E-state index < -0.39 is 5.97 Å². The largest absolute Gasteiger partial charge is 0.481 e. The van der Waals surface area contributed by atoms with Crippen molar-refractivity contribution in [3.05, 3.63) is 0 Å². The van der Waals surface area contributed by atoms with Crippen LogP contribution in [0.3, 0.4) is 0 Å². The zero-order valence-electron chi connectivity index (χ0n) is 9.61. The fraction of sp³-hybridized carbons (Fsp3) is 0.909. The van der Waals surface area contributed by atoms with Gasteiger partial charge in [0.1, 0.15) is 0 Å². The quantitative estimate of drug-likeness (QED) is 0.745. The molecule has 1 heterocycles. The minimum Gasteiger partial charge on any atom is -0.481 e. The average Bonchev–Trinajstić information content (AvgIpc) is 2.16. The second-order valence-electron chi connectivity index (χ2n) is 4.48. The van der Waals surface area contributed by atoms with E-state index in [1.54, 1.807) is 7.11 Å². The Morgan fingerprint density at radius 2 is 2.40 bits per heavy atom. The SMILES string of the molecule is COCC(CC(=O)O)C1CCCN(C)C1. The summed E-state index contributed by atoms with van der Waals surface area (Å²) in [5, 5.41) is 8.84. The molecule has 2 atom stereocenters. The van der Waals surface area contributed by atoms with Gasteiger partial charge in [-0.25, -0.2) is 0 Å². The van der Waals surface area contributed by atoms with Crippen molar-refractivity contribution in [2.75, 3.05) is 33.9 Å². The maximum atomic E-state index is 10.7. The van der Waals surface area contributed by atoms with Crippen molar-refractivity contribution in [2.45, 2.75) is 19.3 Å². The first kappa shape index (κ1) is 12.5. The molecular weight excluding hydrogens is 194 g/mol. The predicted octanol–water partition coefficient (Wildman–Crippen LogP) is 1.07. The van der Waals surface area contributed by atoms with Gasteiger partial charge >= 0.3 is 5.97 Å². The molecule has 2 unspecified atom stereocenters. The summed E-state index contributed by atoms with van der Waals surface area (Å²) in [5.74, 6) is -0.0830. The maximum absolute atomic E-state index is 10.7. The minimum absolute atomic E-state index is 0.162. The van der Waals surface area contributed by atoms with E-state index in [2.05, 4.69) is 11.9 Å². The zero-order valence-corrected chi connectivity index (χ0v) is 9.61. The van der Waals surface area contributed by atoms with E-state index in [0.717, 1.165) is 19.5 Å². The lowest BCUT2D eigenvalue weighted by Gasteiger charge is -2.34. The van der Waals surface area contributed by atoms with Crippen molar-refractivity contribution in [3.8, 4) is 0 Å². The molecule has 1 rings (SSSR count). The van der Waals surface area contributed by atoms with Gasteiger partial charge in [-0.15, -0.1) is 0 Å². The van der Waals surface area contributed by atoms with E-state index in [1.807, 2.05) is 0 Å². The van der Waals surface area contributed by atoms with Crippen LogP contribution in [0, 0.1) is 11.8 Å². The van der Waals surface area contributed by atoms with Crippen molar-refractivity contribution < 1.29 is 14.6 Å². The van der Waals surface area contributed by atoms with Crippen molar-refractivity contribution in [2.24, 2.45) is 11.8 Å². The van der Waals surface area contributed by atoms with Crippen molar-refractivity contribution in [1.82, 2.24) is 4.90 Å². The summed E-state index contributed by atoms with van der Waals surface area (Å²) in [7, 11) is 3.73. The van der Waals surface area contributed by atoms with Gasteiger partial charge in [-0.2, -0.15) is 0 Å². The van der Waals surface area contributed by atoms with Crippen LogP contribution in [0.4, 0.5) is 0 Å². The molecule has 4 nitrogen and oxygen atoms in total. The van der Waals surface area contributed by atoms with Gasteiger partial charge in [-0.3, -0.25) is 4.79 Å². The number of ether oxygens (including phenoxy) is 1. The third-order valence-corrected chi connectivity index (χ3v) is 3.15. The maximum Gasteiger partial charge on any atom is 0.303 e. The first-order valence-corrected chi connectivity index (χ1v) is 5.52. The number of carbonyl (C=O) groups is 1. The van der Waals surface area contributed by atoms with Crippen LogP contribution < -0.4 is 0 Å². The lowest BCUT2D eigenvalue weighted by Crippen LogP contribution is -2.37. The first-order valence-electron chi connectivity index (χ1n) is 5.52. The topological polar surface area (TPSA) is 49.8 Å². The molecule has 1 fully saturated rings. The second kappa shape index (κ2) is 6.08. The fourth-order valence-corrected chi connectivity index (χ4v) is 2.39. The average molecular weight is 215 g/mol. The zero-order chi connectivity index (χ0) is 11.3. The molecular formula is C11H21NO3. The Balaban J connectivity index is 2.49. The van der Waals surface area contributed by atoms with Gasteiger partial charge in [-0.1, -0.05) is 0 Å². The molecule has 1 aliphatic heterocycles. The third-order valence-electron chi connectivity index (χ3n) is 3.15. The highest BCUT2D eigenvalue weighted by molar-refractivity contribution is 5.67. The number of nitrogens with zero attached hydrogens (tertiary/aromatic N) is 1. The first-order chi connectivity index (χ1) is 7.13. The molecule has 0 radical (unpaired) electrons. The van der Waals surface area contributed by atoms with Crippen LogP contribution in [0.15, 0.2) is 0 Å². The van der Waals surface area contributed by atoms with E-state index in [9.17, 15) is 4.79 Å². The van der Waals surface area contributed by atoms with Gasteiger partial charge in [0.25, 0.3) is 0 Å². The molecule has 0 saturated carbocycles. The molecule has 4 heteroatoms. The lowest BCUT2D eigenvalue weighted by atomic mass is 9.84. The Morgan fingerprint density at radius 3 is 2.93 bits per heavy atom. The van der Waals surface area contributed by atoms with Crippen LogP contribution in [0.1, 0.15) is 19.3 Å². The smallest absolute Gasteiger partial charge is 0.303 e. The van der Waals surface area contributed by atoms with Crippen LogP contribution in [0.25, 0.3) is 0 Å². The molecule has 0 spiro atoms. The molecule has 0 aromatic heterocycles. The van der Waals surface area contributed by atoms with Gasteiger partial charge in [0, 0.05) is 20.3 Å². The molecule has 0 bridgehead atoms.